The minimum absolute atomic E-state index is 0.0157. The van der Waals surface area contributed by atoms with Crippen molar-refractivity contribution in [1.29, 1.82) is 0 Å². The fourth-order valence-corrected chi connectivity index (χ4v) is 7.65. The number of aromatic nitrogens is 2. The number of rotatable bonds is 35. The van der Waals surface area contributed by atoms with E-state index in [4.69, 9.17) is 33.8 Å². The Morgan fingerprint density at radius 2 is 1.04 bits per heavy atom. The fourth-order valence-electron chi connectivity index (χ4n) is 7.40. The number of carboxylic acids is 2. The Hall–Kier alpha value is -8.80. The molecule has 0 aliphatic rings. The normalized spacial score (nSPS) is 13.8. The first kappa shape index (κ1) is 64.5. The Morgan fingerprint density at radius 1 is 0.582 bits per heavy atom. The second kappa shape index (κ2) is 34.1. The maximum absolute atomic E-state index is 14.3. The molecule has 0 unspecified atom stereocenters. The van der Waals surface area contributed by atoms with Crippen molar-refractivity contribution in [1.82, 2.24) is 52.5 Å². The van der Waals surface area contributed by atoms with Gasteiger partial charge in [-0.05, 0) is 50.2 Å². The van der Waals surface area contributed by atoms with Crippen molar-refractivity contribution in [2.75, 3.05) is 25.4 Å². The number of guanidine groups is 2. The highest BCUT2D eigenvalue weighted by Gasteiger charge is 2.33. The van der Waals surface area contributed by atoms with Gasteiger partial charge < -0.3 is 86.4 Å². The number of nitrogens with one attached hydrogen (secondary N) is 9. The summed E-state index contributed by atoms with van der Waals surface area (Å²) in [6.07, 6.45) is 1.90. The average molecular weight is 1120 g/mol. The number of benzene rings is 2. The third kappa shape index (κ3) is 24.8. The zero-order chi connectivity index (χ0) is 58.4. The third-order valence-corrected chi connectivity index (χ3v) is 12.0. The summed E-state index contributed by atoms with van der Waals surface area (Å²) < 4.78 is 0. The summed E-state index contributed by atoms with van der Waals surface area (Å²) in [6.45, 7) is 0.657. The van der Waals surface area contributed by atoms with Crippen LogP contribution in [0.3, 0.4) is 0 Å². The number of carbonyl (C=O) groups excluding carboxylic acids is 8. The molecule has 79 heavy (non-hydrogen) atoms. The zero-order valence-corrected chi connectivity index (χ0v) is 44.3. The van der Waals surface area contributed by atoms with Crippen LogP contribution in [-0.4, -0.2) is 165 Å². The second-order valence-electron chi connectivity index (χ2n) is 18.0. The Kier molecular flexibility index (Phi) is 27.8. The molecule has 0 aliphatic carbocycles. The van der Waals surface area contributed by atoms with Crippen LogP contribution in [0.5, 0.6) is 0 Å². The van der Waals surface area contributed by atoms with Gasteiger partial charge in [0.2, 0.25) is 47.3 Å². The first-order valence-corrected chi connectivity index (χ1v) is 25.6. The summed E-state index contributed by atoms with van der Waals surface area (Å²) >= 11 is 4.22. The molecule has 0 radical (unpaired) electrons. The molecular formula is C49H71N17O12S. The zero-order valence-electron chi connectivity index (χ0n) is 43.4. The van der Waals surface area contributed by atoms with Gasteiger partial charge in [0.05, 0.1) is 18.9 Å². The summed E-state index contributed by atoms with van der Waals surface area (Å²) in [5.74, 6) is -10.2. The lowest BCUT2D eigenvalue weighted by molar-refractivity contribution is -0.142. The van der Waals surface area contributed by atoms with Crippen LogP contribution < -0.4 is 71.2 Å². The molecule has 3 aromatic rings. The van der Waals surface area contributed by atoms with E-state index in [1.54, 1.807) is 60.7 Å². The highest BCUT2D eigenvalue weighted by Crippen LogP contribution is 2.11. The topological polar surface area (TPSA) is 491 Å². The van der Waals surface area contributed by atoms with Crippen molar-refractivity contribution in [3.05, 3.63) is 90.0 Å². The molecule has 3 rings (SSSR count). The van der Waals surface area contributed by atoms with E-state index >= 15 is 0 Å². The Bertz CT molecular complexity index is 2570. The monoisotopic (exact) mass is 1120 g/mol. The Morgan fingerprint density at radius 3 is 1.52 bits per heavy atom. The van der Waals surface area contributed by atoms with Crippen molar-refractivity contribution in [3.63, 3.8) is 0 Å². The molecule has 0 aliphatic heterocycles. The minimum Gasteiger partial charge on any atom is -0.481 e. The molecule has 8 amide bonds. The predicted octanol–water partition coefficient (Wildman–Crippen LogP) is -4.72. The van der Waals surface area contributed by atoms with E-state index in [-0.39, 0.29) is 82.1 Å². The van der Waals surface area contributed by atoms with Crippen LogP contribution in [0.15, 0.2) is 83.2 Å². The van der Waals surface area contributed by atoms with Crippen LogP contribution >= 0.6 is 12.6 Å². The lowest BCUT2D eigenvalue weighted by Crippen LogP contribution is -2.60. The van der Waals surface area contributed by atoms with E-state index in [1.807, 2.05) is 0 Å². The first-order valence-electron chi connectivity index (χ1n) is 24.9. The molecule has 0 saturated heterocycles. The fraction of sp³-hybridized carbons (Fsp3) is 0.449. The van der Waals surface area contributed by atoms with Crippen molar-refractivity contribution >= 4 is 83.7 Å². The van der Waals surface area contributed by atoms with Crippen LogP contribution in [0.1, 0.15) is 62.3 Å². The van der Waals surface area contributed by atoms with E-state index < -0.39 is 120 Å². The Balaban J connectivity index is 1.77. The number of carboxylic acid groups (broad SMARTS) is 2. The molecule has 0 fully saturated rings. The molecule has 1 heterocycles. The molecule has 1 aromatic heterocycles. The second-order valence-corrected chi connectivity index (χ2v) is 18.4. The average Bonchev–Trinajstić information content (AvgIpc) is 3.93. The van der Waals surface area contributed by atoms with Crippen molar-refractivity contribution in [3.8, 4) is 0 Å². The largest absolute Gasteiger partial charge is 0.481 e. The van der Waals surface area contributed by atoms with Crippen LogP contribution in [0.25, 0.3) is 0 Å². The number of amides is 8. The number of thiol groups is 1. The molecule has 430 valence electrons. The molecule has 0 spiro atoms. The summed E-state index contributed by atoms with van der Waals surface area (Å²) in [5.41, 5.74) is 29.4. The van der Waals surface area contributed by atoms with Gasteiger partial charge in [0.1, 0.15) is 42.3 Å². The Labute approximate surface area is 460 Å². The summed E-state index contributed by atoms with van der Waals surface area (Å²) in [6, 6.07) is 6.24. The van der Waals surface area contributed by atoms with Crippen molar-refractivity contribution < 1.29 is 58.2 Å². The lowest BCUT2D eigenvalue weighted by atomic mass is 10.0. The molecule has 0 saturated carbocycles. The van der Waals surface area contributed by atoms with E-state index in [2.05, 4.69) is 75.1 Å². The van der Waals surface area contributed by atoms with Crippen molar-refractivity contribution in [2.24, 2.45) is 38.7 Å². The third-order valence-electron chi connectivity index (χ3n) is 11.6. The molecule has 2 aromatic carbocycles. The molecule has 0 bridgehead atoms. The number of aliphatic carboxylic acids is 2. The molecule has 8 atom stereocenters. The van der Waals surface area contributed by atoms with Crippen LogP contribution in [0.4, 0.5) is 0 Å². The van der Waals surface area contributed by atoms with E-state index in [9.17, 15) is 53.1 Å². The number of imidazole rings is 1. The van der Waals surface area contributed by atoms with Crippen molar-refractivity contribution in [2.45, 2.75) is 113 Å². The van der Waals surface area contributed by atoms with E-state index in [0.717, 1.165) is 0 Å². The summed E-state index contributed by atoms with van der Waals surface area (Å²) in [4.78, 5) is 147. The number of carbonyl (C=O) groups is 10. The predicted molar refractivity (Wildman–Crippen MR) is 291 cm³/mol. The maximum Gasteiger partial charge on any atom is 0.326 e. The molecular weight excluding hydrogens is 1050 g/mol. The van der Waals surface area contributed by atoms with Crippen LogP contribution in [0.2, 0.25) is 0 Å². The highest BCUT2D eigenvalue weighted by molar-refractivity contribution is 7.80. The number of aromatic amines is 1. The van der Waals surface area contributed by atoms with Gasteiger partial charge in [-0.25, -0.2) is 9.78 Å². The SMILES string of the molecule is C[C@H](NC(=O)[C@H](Cc1cnc[nH]1)NC(=O)[C@@H](N)CCC(=O)O)C(=O)NCC(=O)N[C@@H](CS)C(=O)N[C@@H](CCCN=C(N)N)C(=O)N[C@@H](Cc1ccccc1)C(=O)N[C@@H](CCCN=C(N)N)C(=O)N[C@@H](Cc1ccccc1)C(=O)O. The van der Waals surface area contributed by atoms with Gasteiger partial charge in [0, 0.05) is 56.4 Å². The first-order chi connectivity index (χ1) is 37.6. The quantitative estimate of drug-likeness (QED) is 0.0114. The summed E-state index contributed by atoms with van der Waals surface area (Å²) in [7, 11) is 0. The van der Waals surface area contributed by atoms with Gasteiger partial charge in [0.15, 0.2) is 11.9 Å². The smallest absolute Gasteiger partial charge is 0.326 e. The number of nitrogens with zero attached hydrogens (tertiary/aromatic N) is 3. The van der Waals surface area contributed by atoms with Gasteiger partial charge in [-0.3, -0.25) is 53.1 Å². The molecule has 30 heteroatoms. The van der Waals surface area contributed by atoms with Crippen LogP contribution in [0, 0.1) is 0 Å². The summed E-state index contributed by atoms with van der Waals surface area (Å²) in [5, 5.41) is 39.1. The number of aliphatic imine (C=N–C) groups is 2. The lowest BCUT2D eigenvalue weighted by Gasteiger charge is -2.27. The highest BCUT2D eigenvalue weighted by atomic mass is 32.1. The van der Waals surface area contributed by atoms with E-state index in [0.29, 0.717) is 16.8 Å². The van der Waals surface area contributed by atoms with E-state index in [1.165, 1.54) is 19.4 Å². The van der Waals surface area contributed by atoms with Gasteiger partial charge >= 0.3 is 11.9 Å². The number of hydrogen-bond donors (Lipinski definition) is 17. The van der Waals surface area contributed by atoms with Gasteiger partial charge in [-0.15, -0.1) is 0 Å². The standard InChI is InChI=1S/C49H71N17O12S/c1-27(60-44(74)35(22-30-23-55-26-59-30)64-41(71)31(50)16-17-39(68)69)40(70)58-24-38(67)61-37(25-79)46(76)63-32(14-8-18-56-48(51)52)42(72)65-34(20-28-10-4-2-5-11-28)45(75)62-33(15-9-19-57-49(53)54)43(73)66-36(47(77)78)21-29-12-6-3-7-13-29/h2-7,10-13,23,26-27,31-37,79H,8-9,14-22,24-25,50H2,1H3,(H,55,59)(H,58,70)(H,60,74)(H,61,67)(H,62,75)(H,63,76)(H,64,71)(H,65,72)(H,66,73)(H,68,69)(H,77,78)(H4,51,52,56)(H4,53,54,57)/t27-,31-,32-,33-,34-,35-,36-,37-/m0/s1. The van der Waals surface area contributed by atoms with Crippen LogP contribution in [-0.2, 0) is 67.2 Å². The molecule has 21 N–H and O–H groups in total. The van der Waals surface area contributed by atoms with Gasteiger partial charge in [0.25, 0.3) is 0 Å². The molecule has 29 nitrogen and oxygen atoms in total. The number of nitrogens with two attached hydrogens (primary N) is 5. The number of hydrogen-bond acceptors (Lipinski definition) is 15. The van der Waals surface area contributed by atoms with Gasteiger partial charge in [-0.2, -0.15) is 12.6 Å². The maximum atomic E-state index is 14.3. The minimum atomic E-state index is -1.41. The van der Waals surface area contributed by atoms with Gasteiger partial charge in [-0.1, -0.05) is 60.7 Å². The number of H-pyrrole nitrogens is 1.